The SMILES string of the molecule is C=C(C)C1CC[C@@]2(CO[Si](C)(C)C(C)(C)C)OC2C1. The van der Waals surface area contributed by atoms with Gasteiger partial charge in [0, 0.05) is 0 Å². The van der Waals surface area contributed by atoms with Crippen molar-refractivity contribution in [2.24, 2.45) is 5.92 Å². The summed E-state index contributed by atoms with van der Waals surface area (Å²) in [6.07, 6.45) is 3.93. The molecule has 0 aromatic heterocycles. The predicted octanol–water partition coefficient (Wildman–Crippen LogP) is 4.52. The molecule has 1 heterocycles. The molecule has 2 nitrogen and oxygen atoms in total. The van der Waals surface area contributed by atoms with Crippen LogP contribution in [-0.4, -0.2) is 26.6 Å². The van der Waals surface area contributed by atoms with Gasteiger partial charge in [-0.1, -0.05) is 32.9 Å². The zero-order valence-corrected chi connectivity index (χ0v) is 14.5. The van der Waals surface area contributed by atoms with E-state index in [-0.39, 0.29) is 10.6 Å². The van der Waals surface area contributed by atoms with Crippen LogP contribution in [0.2, 0.25) is 18.1 Å². The molecule has 2 rings (SSSR count). The second-order valence-corrected chi connectivity index (χ2v) is 12.8. The molecule has 1 saturated heterocycles. The number of epoxide rings is 1. The van der Waals surface area contributed by atoms with Crippen molar-refractivity contribution in [3.8, 4) is 0 Å². The van der Waals surface area contributed by atoms with E-state index in [9.17, 15) is 0 Å². The Bertz CT molecular complexity index is 369. The highest BCUT2D eigenvalue weighted by Crippen LogP contribution is 2.52. The minimum atomic E-state index is -1.65. The zero-order chi connectivity index (χ0) is 14.5. The van der Waals surface area contributed by atoms with E-state index in [1.54, 1.807) is 0 Å². The van der Waals surface area contributed by atoms with Gasteiger partial charge in [0.2, 0.25) is 0 Å². The third kappa shape index (κ3) is 2.98. The highest BCUT2D eigenvalue weighted by atomic mass is 28.4. The maximum atomic E-state index is 6.37. The molecule has 0 radical (unpaired) electrons. The highest BCUT2D eigenvalue weighted by Gasteiger charge is 2.59. The van der Waals surface area contributed by atoms with Crippen molar-refractivity contribution >= 4 is 8.32 Å². The number of fused-ring (bicyclic) bond motifs is 1. The summed E-state index contributed by atoms with van der Waals surface area (Å²) in [6.45, 7) is 18.6. The first-order valence-corrected chi connectivity index (χ1v) is 10.5. The number of hydrogen-bond acceptors (Lipinski definition) is 2. The Kier molecular flexibility index (Phi) is 3.79. The van der Waals surface area contributed by atoms with Gasteiger partial charge in [-0.3, -0.25) is 0 Å². The Hall–Kier alpha value is -0.123. The van der Waals surface area contributed by atoms with Crippen LogP contribution >= 0.6 is 0 Å². The van der Waals surface area contributed by atoms with Crippen LogP contribution in [0, 0.1) is 5.92 Å². The number of allylic oxidation sites excluding steroid dienone is 1. The van der Waals surface area contributed by atoms with Gasteiger partial charge in [-0.05, 0) is 50.2 Å². The van der Waals surface area contributed by atoms with Gasteiger partial charge in [0.1, 0.15) is 5.60 Å². The average Bonchev–Trinajstić information content (AvgIpc) is 2.98. The van der Waals surface area contributed by atoms with Crippen molar-refractivity contribution in [2.45, 2.75) is 76.8 Å². The van der Waals surface area contributed by atoms with E-state index < -0.39 is 8.32 Å². The molecule has 1 saturated carbocycles. The molecule has 0 aromatic carbocycles. The van der Waals surface area contributed by atoms with E-state index in [0.29, 0.717) is 12.0 Å². The minimum Gasteiger partial charge on any atom is -0.414 e. The molecule has 0 amide bonds. The largest absolute Gasteiger partial charge is 0.414 e. The summed E-state index contributed by atoms with van der Waals surface area (Å²) in [4.78, 5) is 0. The molecule has 2 unspecified atom stereocenters. The lowest BCUT2D eigenvalue weighted by molar-refractivity contribution is 0.164. The second kappa shape index (κ2) is 4.71. The summed E-state index contributed by atoms with van der Waals surface area (Å²) in [7, 11) is -1.65. The van der Waals surface area contributed by atoms with Gasteiger partial charge in [0.25, 0.3) is 0 Å². The van der Waals surface area contributed by atoms with E-state index >= 15 is 0 Å². The molecule has 1 aliphatic heterocycles. The lowest BCUT2D eigenvalue weighted by Crippen LogP contribution is -2.44. The van der Waals surface area contributed by atoms with Crippen molar-refractivity contribution in [1.82, 2.24) is 0 Å². The summed E-state index contributed by atoms with van der Waals surface area (Å²) >= 11 is 0. The monoisotopic (exact) mass is 282 g/mol. The molecule has 3 atom stereocenters. The van der Waals surface area contributed by atoms with Crippen LogP contribution in [0.25, 0.3) is 0 Å². The molecule has 0 bridgehead atoms. The van der Waals surface area contributed by atoms with Crippen LogP contribution in [-0.2, 0) is 9.16 Å². The fourth-order valence-electron chi connectivity index (χ4n) is 2.69. The Labute approximate surface area is 119 Å². The third-order valence-corrected chi connectivity index (χ3v) is 9.98. The molecular weight excluding hydrogens is 252 g/mol. The first-order chi connectivity index (χ1) is 8.57. The normalized spacial score (nSPS) is 34.8. The molecule has 3 heteroatoms. The van der Waals surface area contributed by atoms with Crippen LogP contribution in [0.4, 0.5) is 0 Å². The molecular formula is C16H30O2Si. The average molecular weight is 282 g/mol. The molecule has 0 spiro atoms. The molecule has 2 fully saturated rings. The molecule has 1 aliphatic carbocycles. The number of hydrogen-bond donors (Lipinski definition) is 0. The Balaban J connectivity index is 1.89. The van der Waals surface area contributed by atoms with Crippen molar-refractivity contribution in [1.29, 1.82) is 0 Å². The maximum absolute atomic E-state index is 6.37. The minimum absolute atomic E-state index is 0.0570. The number of ether oxygens (including phenoxy) is 1. The fraction of sp³-hybridized carbons (Fsp3) is 0.875. The Morgan fingerprint density at radius 2 is 2.05 bits per heavy atom. The molecule has 2 aliphatic rings. The fourth-order valence-corrected chi connectivity index (χ4v) is 3.73. The van der Waals surface area contributed by atoms with Crippen molar-refractivity contribution in [2.75, 3.05) is 6.61 Å². The van der Waals surface area contributed by atoms with E-state index in [0.717, 1.165) is 19.4 Å². The Morgan fingerprint density at radius 3 is 2.53 bits per heavy atom. The van der Waals surface area contributed by atoms with Crippen LogP contribution in [0.1, 0.15) is 47.0 Å². The summed E-state index contributed by atoms with van der Waals surface area (Å²) in [5, 5.41) is 0.281. The molecule has 19 heavy (non-hydrogen) atoms. The molecule has 110 valence electrons. The van der Waals surface area contributed by atoms with Gasteiger partial charge in [-0.15, -0.1) is 0 Å². The van der Waals surface area contributed by atoms with E-state index in [1.807, 2.05) is 0 Å². The van der Waals surface area contributed by atoms with Crippen LogP contribution in [0.15, 0.2) is 12.2 Å². The first kappa shape index (κ1) is 15.3. The quantitative estimate of drug-likeness (QED) is 0.429. The van der Waals surface area contributed by atoms with Crippen LogP contribution in [0.5, 0.6) is 0 Å². The lowest BCUT2D eigenvalue weighted by atomic mass is 9.79. The van der Waals surface area contributed by atoms with Gasteiger partial charge in [0.15, 0.2) is 8.32 Å². The van der Waals surface area contributed by atoms with Gasteiger partial charge in [0.05, 0.1) is 12.7 Å². The van der Waals surface area contributed by atoms with Crippen molar-refractivity contribution in [3.05, 3.63) is 12.2 Å². The lowest BCUT2D eigenvalue weighted by Gasteiger charge is -2.37. The van der Waals surface area contributed by atoms with E-state index in [4.69, 9.17) is 9.16 Å². The summed E-state index contributed by atoms with van der Waals surface area (Å²) in [5.41, 5.74) is 1.37. The van der Waals surface area contributed by atoms with Gasteiger partial charge in [-0.25, -0.2) is 0 Å². The Morgan fingerprint density at radius 1 is 1.42 bits per heavy atom. The highest BCUT2D eigenvalue weighted by molar-refractivity contribution is 6.74. The molecule has 0 N–H and O–H groups in total. The summed E-state index contributed by atoms with van der Waals surface area (Å²) in [5.74, 6) is 0.661. The van der Waals surface area contributed by atoms with Crippen molar-refractivity contribution in [3.63, 3.8) is 0 Å². The topological polar surface area (TPSA) is 21.8 Å². The van der Waals surface area contributed by atoms with E-state index in [1.165, 1.54) is 12.0 Å². The van der Waals surface area contributed by atoms with Crippen LogP contribution < -0.4 is 0 Å². The van der Waals surface area contributed by atoms with Gasteiger partial charge in [-0.2, -0.15) is 0 Å². The second-order valence-electron chi connectivity index (χ2n) is 8.04. The molecule has 0 aromatic rings. The first-order valence-electron chi connectivity index (χ1n) is 7.55. The predicted molar refractivity (Wildman–Crippen MR) is 82.9 cm³/mol. The van der Waals surface area contributed by atoms with E-state index in [2.05, 4.69) is 47.4 Å². The number of rotatable bonds is 4. The summed E-state index contributed by atoms with van der Waals surface area (Å²) < 4.78 is 12.4. The van der Waals surface area contributed by atoms with Crippen LogP contribution in [0.3, 0.4) is 0 Å². The van der Waals surface area contributed by atoms with Gasteiger partial charge < -0.3 is 9.16 Å². The smallest absolute Gasteiger partial charge is 0.192 e. The maximum Gasteiger partial charge on any atom is 0.192 e. The van der Waals surface area contributed by atoms with Crippen molar-refractivity contribution < 1.29 is 9.16 Å². The zero-order valence-electron chi connectivity index (χ0n) is 13.5. The standard InChI is InChI=1S/C16H30O2Si/c1-12(2)13-8-9-16(14(10-13)18-16)11-17-19(6,7)15(3,4)5/h13-14H,1,8-11H2,2-7H3/t13?,14?,16-/m0/s1. The third-order valence-electron chi connectivity index (χ3n) is 5.50. The van der Waals surface area contributed by atoms with Gasteiger partial charge >= 0.3 is 0 Å². The summed E-state index contributed by atoms with van der Waals surface area (Å²) in [6, 6.07) is 0.